The van der Waals surface area contributed by atoms with Gasteiger partial charge in [0.05, 0.1) is 18.4 Å². The van der Waals surface area contributed by atoms with Crippen molar-refractivity contribution in [3.8, 4) is 5.75 Å². The van der Waals surface area contributed by atoms with Crippen LogP contribution in [0.1, 0.15) is 12.8 Å². The van der Waals surface area contributed by atoms with Crippen molar-refractivity contribution >= 4 is 33.2 Å². The highest BCUT2D eigenvalue weighted by Gasteiger charge is 2.36. The lowest BCUT2D eigenvalue weighted by atomic mass is 10.2. The maximum absolute atomic E-state index is 12.2. The number of nitrogens with one attached hydrogen (secondary N) is 1. The van der Waals surface area contributed by atoms with Gasteiger partial charge in [-0.2, -0.15) is 4.31 Å². The highest BCUT2D eigenvalue weighted by molar-refractivity contribution is 7.88. The Balaban J connectivity index is 2.13. The Bertz CT molecular complexity index is 648. The van der Waals surface area contributed by atoms with Gasteiger partial charge in [0.25, 0.3) is 0 Å². The minimum absolute atomic E-state index is 0.348. The summed E-state index contributed by atoms with van der Waals surface area (Å²) in [4.78, 5) is 12.2. The van der Waals surface area contributed by atoms with Gasteiger partial charge in [-0.1, -0.05) is 11.6 Å². The molecule has 1 aromatic rings. The number of benzene rings is 1. The molecule has 1 saturated heterocycles. The Kier molecular flexibility index (Phi) is 4.75. The molecule has 1 aromatic carbocycles. The zero-order valence-electron chi connectivity index (χ0n) is 11.8. The zero-order chi connectivity index (χ0) is 15.6. The van der Waals surface area contributed by atoms with Crippen LogP contribution >= 0.6 is 11.6 Å². The van der Waals surface area contributed by atoms with Gasteiger partial charge in [0.1, 0.15) is 11.8 Å². The van der Waals surface area contributed by atoms with Crippen molar-refractivity contribution < 1.29 is 17.9 Å². The second-order valence-corrected chi connectivity index (χ2v) is 7.21. The number of amides is 1. The Morgan fingerprint density at radius 2 is 2.19 bits per heavy atom. The van der Waals surface area contributed by atoms with Crippen LogP contribution in [0.25, 0.3) is 0 Å². The quantitative estimate of drug-likeness (QED) is 0.910. The van der Waals surface area contributed by atoms with Crippen molar-refractivity contribution in [2.45, 2.75) is 18.9 Å². The molecule has 0 aromatic heterocycles. The first-order valence-electron chi connectivity index (χ1n) is 6.44. The van der Waals surface area contributed by atoms with E-state index in [1.54, 1.807) is 18.2 Å². The van der Waals surface area contributed by atoms with Gasteiger partial charge in [-0.3, -0.25) is 4.79 Å². The van der Waals surface area contributed by atoms with Gasteiger partial charge in [0, 0.05) is 12.2 Å². The predicted molar refractivity (Wildman–Crippen MR) is 81.2 cm³/mol. The molecule has 1 unspecified atom stereocenters. The average molecular weight is 333 g/mol. The highest BCUT2D eigenvalue weighted by atomic mass is 35.5. The summed E-state index contributed by atoms with van der Waals surface area (Å²) in [5, 5.41) is 3.07. The van der Waals surface area contributed by atoms with E-state index >= 15 is 0 Å². The molecule has 0 bridgehead atoms. The van der Waals surface area contributed by atoms with Crippen molar-refractivity contribution in [1.29, 1.82) is 0 Å². The van der Waals surface area contributed by atoms with Crippen molar-refractivity contribution in [3.63, 3.8) is 0 Å². The fourth-order valence-electron chi connectivity index (χ4n) is 2.37. The number of carbonyl (C=O) groups is 1. The van der Waals surface area contributed by atoms with Gasteiger partial charge in [0.15, 0.2) is 0 Å². The number of methoxy groups -OCH3 is 1. The third-order valence-electron chi connectivity index (χ3n) is 3.35. The van der Waals surface area contributed by atoms with Crippen molar-refractivity contribution in [2.75, 3.05) is 25.2 Å². The lowest BCUT2D eigenvalue weighted by molar-refractivity contribution is -0.119. The molecule has 1 heterocycles. The molecule has 6 nitrogen and oxygen atoms in total. The van der Waals surface area contributed by atoms with Crippen molar-refractivity contribution in [1.82, 2.24) is 4.31 Å². The summed E-state index contributed by atoms with van der Waals surface area (Å²) in [6.07, 6.45) is 2.31. The highest BCUT2D eigenvalue weighted by Crippen LogP contribution is 2.28. The van der Waals surface area contributed by atoms with E-state index < -0.39 is 16.1 Å². The Morgan fingerprint density at radius 1 is 1.48 bits per heavy atom. The van der Waals surface area contributed by atoms with E-state index in [0.29, 0.717) is 35.8 Å². The molecule has 8 heteroatoms. The van der Waals surface area contributed by atoms with Crippen molar-refractivity contribution in [3.05, 3.63) is 23.2 Å². The average Bonchev–Trinajstić information content (AvgIpc) is 2.88. The fraction of sp³-hybridized carbons (Fsp3) is 0.462. The van der Waals surface area contributed by atoms with E-state index in [-0.39, 0.29) is 5.91 Å². The second-order valence-electron chi connectivity index (χ2n) is 4.87. The molecule has 1 atom stereocenters. The normalized spacial score (nSPS) is 19.5. The van der Waals surface area contributed by atoms with Crippen LogP contribution < -0.4 is 10.1 Å². The molecule has 1 aliphatic heterocycles. The van der Waals surface area contributed by atoms with Gasteiger partial charge in [-0.15, -0.1) is 0 Å². The monoisotopic (exact) mass is 332 g/mol. The van der Waals surface area contributed by atoms with Crippen LogP contribution in [-0.4, -0.2) is 44.6 Å². The van der Waals surface area contributed by atoms with Crippen LogP contribution in [0.5, 0.6) is 5.75 Å². The Morgan fingerprint density at radius 3 is 2.76 bits per heavy atom. The van der Waals surface area contributed by atoms with Crippen molar-refractivity contribution in [2.24, 2.45) is 0 Å². The molecular formula is C13H17ClN2O4S. The van der Waals surface area contributed by atoms with Gasteiger partial charge in [0.2, 0.25) is 15.9 Å². The molecule has 1 amide bonds. The fourth-order valence-corrected chi connectivity index (χ4v) is 3.75. The minimum Gasteiger partial charge on any atom is -0.495 e. The molecule has 0 radical (unpaired) electrons. The van der Waals surface area contributed by atoms with E-state index in [0.717, 1.165) is 6.26 Å². The van der Waals surface area contributed by atoms with E-state index in [1.165, 1.54) is 11.4 Å². The van der Waals surface area contributed by atoms with Crippen LogP contribution in [0.4, 0.5) is 5.69 Å². The van der Waals surface area contributed by atoms with Crippen LogP contribution in [0, 0.1) is 0 Å². The number of carbonyl (C=O) groups excluding carboxylic acids is 1. The molecule has 116 valence electrons. The first kappa shape index (κ1) is 16.1. The summed E-state index contributed by atoms with van der Waals surface area (Å²) >= 11 is 5.99. The lowest BCUT2D eigenvalue weighted by Crippen LogP contribution is -2.42. The molecule has 0 spiro atoms. The van der Waals surface area contributed by atoms with E-state index in [9.17, 15) is 13.2 Å². The number of halogens is 1. The number of sulfonamides is 1. The maximum atomic E-state index is 12.2. The van der Waals surface area contributed by atoms with Gasteiger partial charge >= 0.3 is 0 Å². The molecule has 1 N–H and O–H groups in total. The SMILES string of the molecule is COc1ccc(NC(=O)C2CCCN2S(C)(=O)=O)cc1Cl. The number of rotatable bonds is 4. The number of ether oxygens (including phenoxy) is 1. The summed E-state index contributed by atoms with van der Waals surface area (Å²) in [6.45, 7) is 0.375. The van der Waals surface area contributed by atoms with Gasteiger partial charge < -0.3 is 10.1 Å². The number of hydrogen-bond donors (Lipinski definition) is 1. The van der Waals surface area contributed by atoms with E-state index in [2.05, 4.69) is 5.32 Å². The number of nitrogens with zero attached hydrogens (tertiary/aromatic N) is 1. The van der Waals surface area contributed by atoms with Crippen LogP contribution in [-0.2, 0) is 14.8 Å². The molecule has 0 saturated carbocycles. The predicted octanol–water partition coefficient (Wildman–Crippen LogP) is 1.71. The lowest BCUT2D eigenvalue weighted by Gasteiger charge is -2.21. The van der Waals surface area contributed by atoms with E-state index in [4.69, 9.17) is 16.3 Å². The Hall–Kier alpha value is -1.31. The van der Waals surface area contributed by atoms with Crippen LogP contribution in [0.3, 0.4) is 0 Å². The van der Waals surface area contributed by atoms with E-state index in [1.807, 2.05) is 0 Å². The largest absolute Gasteiger partial charge is 0.495 e. The van der Waals surface area contributed by atoms with Crippen LogP contribution in [0.15, 0.2) is 18.2 Å². The third kappa shape index (κ3) is 3.66. The minimum atomic E-state index is -3.38. The maximum Gasteiger partial charge on any atom is 0.242 e. The summed E-state index contributed by atoms with van der Waals surface area (Å²) in [7, 11) is -1.88. The first-order chi connectivity index (χ1) is 9.82. The summed E-state index contributed by atoms with van der Waals surface area (Å²) < 4.78 is 29.6. The van der Waals surface area contributed by atoms with Gasteiger partial charge in [-0.25, -0.2) is 8.42 Å². The standard InChI is InChI=1S/C13H17ClN2O4S/c1-20-12-6-5-9(8-10(12)14)15-13(17)11-4-3-7-16(11)21(2,18)19/h5-6,8,11H,3-4,7H2,1-2H3,(H,15,17). The van der Waals surface area contributed by atoms with Gasteiger partial charge in [-0.05, 0) is 31.0 Å². The molecular weight excluding hydrogens is 316 g/mol. The first-order valence-corrected chi connectivity index (χ1v) is 8.67. The summed E-state index contributed by atoms with van der Waals surface area (Å²) in [5.41, 5.74) is 0.506. The molecule has 2 rings (SSSR count). The Labute approximate surface area is 129 Å². The van der Waals surface area contributed by atoms with Crippen LogP contribution in [0.2, 0.25) is 5.02 Å². The molecule has 0 aliphatic carbocycles. The molecule has 21 heavy (non-hydrogen) atoms. The summed E-state index contributed by atoms with van der Waals surface area (Å²) in [5.74, 6) is 0.160. The molecule has 1 fully saturated rings. The second kappa shape index (κ2) is 6.21. The zero-order valence-corrected chi connectivity index (χ0v) is 13.4. The number of hydrogen-bond acceptors (Lipinski definition) is 4. The molecule has 1 aliphatic rings. The topological polar surface area (TPSA) is 75.7 Å². The summed E-state index contributed by atoms with van der Waals surface area (Å²) in [6, 6.07) is 4.20. The number of anilines is 1. The smallest absolute Gasteiger partial charge is 0.242 e. The third-order valence-corrected chi connectivity index (χ3v) is 4.94.